The summed E-state index contributed by atoms with van der Waals surface area (Å²) in [6.07, 6.45) is 0. The normalized spacial score (nSPS) is 11.4. The van der Waals surface area contributed by atoms with Crippen LogP contribution < -0.4 is 4.90 Å². The number of nitrogens with zero attached hydrogens (tertiary/aromatic N) is 2. The molecule has 1 aromatic heterocycles. The molecule has 2 nitrogen and oxygen atoms in total. The van der Waals surface area contributed by atoms with Gasteiger partial charge in [-0.05, 0) is 87.6 Å². The fourth-order valence-corrected chi connectivity index (χ4v) is 6.28. The Balaban J connectivity index is 1.13. The Bertz CT molecular complexity index is 2220. The van der Waals surface area contributed by atoms with Crippen LogP contribution in [0.15, 0.2) is 164 Å². The van der Waals surface area contributed by atoms with E-state index < -0.39 is 0 Å². The molecule has 0 saturated heterocycles. The third-order valence-corrected chi connectivity index (χ3v) is 8.61. The second-order valence-corrected chi connectivity index (χ2v) is 11.1. The van der Waals surface area contributed by atoms with E-state index in [0.717, 1.165) is 0 Å². The molecule has 0 spiro atoms. The van der Waals surface area contributed by atoms with E-state index in [0.29, 0.717) is 0 Å². The summed E-state index contributed by atoms with van der Waals surface area (Å²) in [4.78, 5) is 2.21. The highest BCUT2D eigenvalue weighted by Gasteiger charge is 2.14. The molecule has 43 heavy (non-hydrogen) atoms. The maximum Gasteiger partial charge on any atom is 0.0541 e. The molecule has 2 heteroatoms. The van der Waals surface area contributed by atoms with E-state index in [4.69, 9.17) is 0 Å². The van der Waals surface area contributed by atoms with Crippen molar-refractivity contribution in [3.8, 4) is 27.9 Å². The average molecular weight is 551 g/mol. The van der Waals surface area contributed by atoms with Gasteiger partial charge in [0.1, 0.15) is 0 Å². The van der Waals surface area contributed by atoms with Crippen LogP contribution in [0.4, 0.5) is 11.4 Å². The number of rotatable bonds is 5. The number of hydrogen-bond acceptors (Lipinski definition) is 1. The fourth-order valence-electron chi connectivity index (χ4n) is 6.28. The van der Waals surface area contributed by atoms with Gasteiger partial charge < -0.3 is 9.47 Å². The van der Waals surface area contributed by atoms with Gasteiger partial charge >= 0.3 is 0 Å². The van der Waals surface area contributed by atoms with Crippen LogP contribution in [-0.2, 0) is 0 Å². The van der Waals surface area contributed by atoms with Crippen LogP contribution in [0, 0.1) is 0 Å². The van der Waals surface area contributed by atoms with Crippen molar-refractivity contribution >= 4 is 44.0 Å². The van der Waals surface area contributed by atoms with E-state index >= 15 is 0 Å². The second-order valence-electron chi connectivity index (χ2n) is 11.1. The van der Waals surface area contributed by atoms with Crippen LogP contribution in [0.3, 0.4) is 0 Å². The molecule has 204 valence electrons. The lowest BCUT2D eigenvalue weighted by molar-refractivity contribution is 1.19. The summed E-state index contributed by atoms with van der Waals surface area (Å²) >= 11 is 0. The summed E-state index contributed by atoms with van der Waals surface area (Å²) in [7, 11) is 2.11. The van der Waals surface area contributed by atoms with Crippen molar-refractivity contribution in [2.45, 2.75) is 0 Å². The van der Waals surface area contributed by atoms with Crippen LogP contribution in [0.1, 0.15) is 0 Å². The van der Waals surface area contributed by atoms with E-state index in [1.807, 2.05) is 6.07 Å². The molecular formula is C41H30N2. The number of hydrogen-bond donors (Lipinski definition) is 0. The number of para-hydroxylation sites is 2. The maximum absolute atomic E-state index is 2.39. The Morgan fingerprint density at radius 2 is 0.953 bits per heavy atom. The molecule has 0 N–H and O–H groups in total. The minimum atomic E-state index is 1.17. The predicted molar refractivity (Wildman–Crippen MR) is 184 cm³/mol. The molecule has 0 aliphatic heterocycles. The topological polar surface area (TPSA) is 8.17 Å². The first-order valence-corrected chi connectivity index (χ1v) is 14.7. The van der Waals surface area contributed by atoms with Crippen molar-refractivity contribution in [3.05, 3.63) is 164 Å². The van der Waals surface area contributed by atoms with Gasteiger partial charge in [-0.15, -0.1) is 0 Å². The van der Waals surface area contributed by atoms with Crippen molar-refractivity contribution in [1.29, 1.82) is 0 Å². The molecule has 0 radical (unpaired) electrons. The molecule has 0 aliphatic carbocycles. The summed E-state index contributed by atoms with van der Waals surface area (Å²) in [6.45, 7) is 0. The monoisotopic (exact) mass is 550 g/mol. The van der Waals surface area contributed by atoms with Crippen LogP contribution in [0.25, 0.3) is 60.5 Å². The number of aromatic nitrogens is 1. The Morgan fingerprint density at radius 1 is 0.395 bits per heavy atom. The van der Waals surface area contributed by atoms with E-state index in [-0.39, 0.29) is 0 Å². The third-order valence-electron chi connectivity index (χ3n) is 8.61. The molecule has 0 aliphatic rings. The molecule has 8 rings (SSSR count). The first-order chi connectivity index (χ1) is 21.2. The van der Waals surface area contributed by atoms with E-state index in [1.54, 1.807) is 0 Å². The van der Waals surface area contributed by atoms with Gasteiger partial charge in [0.2, 0.25) is 0 Å². The SMILES string of the molecule is CN(c1ccccc1)c1ccc(-c2ccc(-c3ccc4c(c3)c3ccccc3n4-c3ccc4ccccc4c3)cc2)cc1. The lowest BCUT2D eigenvalue weighted by atomic mass is 9.99. The van der Waals surface area contributed by atoms with E-state index in [9.17, 15) is 0 Å². The molecule has 0 amide bonds. The van der Waals surface area contributed by atoms with Crippen LogP contribution in [0.5, 0.6) is 0 Å². The highest BCUT2D eigenvalue weighted by molar-refractivity contribution is 6.10. The van der Waals surface area contributed by atoms with Gasteiger partial charge in [-0.25, -0.2) is 0 Å². The molecule has 0 bridgehead atoms. The lowest BCUT2D eigenvalue weighted by Gasteiger charge is -2.19. The van der Waals surface area contributed by atoms with Crippen molar-refractivity contribution in [2.24, 2.45) is 0 Å². The maximum atomic E-state index is 2.39. The minimum absolute atomic E-state index is 1.17. The Hall–Kier alpha value is -5.60. The van der Waals surface area contributed by atoms with Gasteiger partial charge in [0.05, 0.1) is 11.0 Å². The van der Waals surface area contributed by atoms with Gasteiger partial charge in [0, 0.05) is 34.9 Å². The smallest absolute Gasteiger partial charge is 0.0541 e. The van der Waals surface area contributed by atoms with Crippen LogP contribution in [-0.4, -0.2) is 11.6 Å². The van der Waals surface area contributed by atoms with Gasteiger partial charge in [-0.2, -0.15) is 0 Å². The quantitative estimate of drug-likeness (QED) is 0.207. The zero-order valence-electron chi connectivity index (χ0n) is 24.0. The van der Waals surface area contributed by atoms with Crippen LogP contribution in [0.2, 0.25) is 0 Å². The van der Waals surface area contributed by atoms with Crippen molar-refractivity contribution in [2.75, 3.05) is 11.9 Å². The fraction of sp³-hybridized carbons (Fsp3) is 0.0244. The average Bonchev–Trinajstić information content (AvgIpc) is 3.42. The minimum Gasteiger partial charge on any atom is -0.345 e. The van der Waals surface area contributed by atoms with Gasteiger partial charge in [-0.1, -0.05) is 109 Å². The molecule has 0 unspecified atom stereocenters. The Morgan fingerprint density at radius 3 is 1.72 bits per heavy atom. The van der Waals surface area contributed by atoms with Gasteiger partial charge in [0.15, 0.2) is 0 Å². The number of fused-ring (bicyclic) bond motifs is 4. The van der Waals surface area contributed by atoms with Crippen molar-refractivity contribution in [1.82, 2.24) is 4.57 Å². The summed E-state index contributed by atoms with van der Waals surface area (Å²) < 4.78 is 2.39. The lowest BCUT2D eigenvalue weighted by Crippen LogP contribution is -2.08. The molecular weight excluding hydrogens is 520 g/mol. The molecule has 8 aromatic rings. The number of anilines is 2. The van der Waals surface area contributed by atoms with Crippen molar-refractivity contribution in [3.63, 3.8) is 0 Å². The van der Waals surface area contributed by atoms with Gasteiger partial charge in [-0.3, -0.25) is 0 Å². The largest absolute Gasteiger partial charge is 0.345 e. The molecule has 0 atom stereocenters. The standard InChI is InChI=1S/C41H30N2/c1-42(35-11-3-2-4-12-35)36-23-19-31(20-24-36)30-15-17-32(18-16-30)34-22-26-41-39(28-34)38-13-7-8-14-40(38)43(41)37-25-21-29-9-5-6-10-33(29)27-37/h2-28H,1H3. The molecule has 7 aromatic carbocycles. The zero-order chi connectivity index (χ0) is 28.8. The summed E-state index contributed by atoms with van der Waals surface area (Å²) in [5, 5.41) is 5.04. The molecule has 1 heterocycles. The van der Waals surface area contributed by atoms with Crippen LogP contribution >= 0.6 is 0 Å². The first-order valence-electron chi connectivity index (χ1n) is 14.7. The molecule has 0 fully saturated rings. The first kappa shape index (κ1) is 25.1. The Kier molecular flexibility index (Phi) is 6.05. The van der Waals surface area contributed by atoms with E-state index in [2.05, 4.69) is 174 Å². The molecule has 0 saturated carbocycles. The van der Waals surface area contributed by atoms with E-state index in [1.165, 1.54) is 71.9 Å². The zero-order valence-corrected chi connectivity index (χ0v) is 24.0. The van der Waals surface area contributed by atoms with Gasteiger partial charge in [0.25, 0.3) is 0 Å². The highest BCUT2D eigenvalue weighted by atomic mass is 15.1. The summed E-state index contributed by atoms with van der Waals surface area (Å²) in [6, 6.07) is 59.1. The number of benzene rings is 7. The summed E-state index contributed by atoms with van der Waals surface area (Å²) in [5.41, 5.74) is 10.8. The predicted octanol–water partition coefficient (Wildman–Crippen LogP) is 11.0. The third kappa shape index (κ3) is 4.45. The highest BCUT2D eigenvalue weighted by Crippen LogP contribution is 2.36. The summed E-state index contributed by atoms with van der Waals surface area (Å²) in [5.74, 6) is 0. The Labute approximate surface area is 251 Å². The second kappa shape index (κ2) is 10.3. The van der Waals surface area contributed by atoms with Crippen molar-refractivity contribution < 1.29 is 0 Å².